The van der Waals surface area contributed by atoms with Gasteiger partial charge in [-0.15, -0.1) is 0 Å². The van der Waals surface area contributed by atoms with E-state index in [9.17, 15) is 28.8 Å². The van der Waals surface area contributed by atoms with Gasteiger partial charge in [0.05, 0.1) is 6.04 Å². The molecule has 0 aliphatic carbocycles. The highest BCUT2D eigenvalue weighted by Crippen LogP contribution is 2.05. The molecule has 35 heavy (non-hydrogen) atoms. The van der Waals surface area contributed by atoms with Crippen LogP contribution >= 0.6 is 0 Å². The SMILES string of the molecule is CC(NC(=O)C(CCC(=O)O)NC(=O)C(CCCN=C(N)N)NC(=O)C(N)CCC(=O)O)C(=O)O. The van der Waals surface area contributed by atoms with Gasteiger partial charge < -0.3 is 48.5 Å². The number of hydrogen-bond acceptors (Lipinski definition) is 8. The maximum atomic E-state index is 12.9. The van der Waals surface area contributed by atoms with Gasteiger partial charge in [-0.05, 0) is 32.6 Å². The molecule has 0 aromatic carbocycles. The zero-order valence-electron chi connectivity index (χ0n) is 19.2. The summed E-state index contributed by atoms with van der Waals surface area (Å²) in [4.78, 5) is 74.1. The van der Waals surface area contributed by atoms with E-state index in [1.165, 1.54) is 6.92 Å². The van der Waals surface area contributed by atoms with E-state index in [1.54, 1.807) is 0 Å². The second kappa shape index (κ2) is 15.8. The lowest BCUT2D eigenvalue weighted by Crippen LogP contribution is -2.57. The van der Waals surface area contributed by atoms with Crippen molar-refractivity contribution in [3.8, 4) is 0 Å². The molecule has 0 radical (unpaired) electrons. The molecule has 16 heteroatoms. The number of rotatable bonds is 17. The van der Waals surface area contributed by atoms with Gasteiger partial charge in [-0.1, -0.05) is 0 Å². The van der Waals surface area contributed by atoms with Gasteiger partial charge in [0.1, 0.15) is 18.1 Å². The molecule has 0 aliphatic rings. The van der Waals surface area contributed by atoms with E-state index in [-0.39, 0.29) is 44.6 Å². The number of hydrogen-bond donors (Lipinski definition) is 9. The molecule has 0 aliphatic heterocycles. The van der Waals surface area contributed by atoms with Crippen molar-refractivity contribution >= 4 is 41.6 Å². The standard InChI is InChI=1S/C19H33N7O9/c1-9(18(34)35)24-16(32)12(5-7-14(29)30)26-17(33)11(3-2-8-23-19(21)22)25-15(31)10(20)4-6-13(27)28/h9-12H,2-8,20H2,1H3,(H,24,32)(H,25,31)(H,26,33)(H,27,28)(H,29,30)(H,34,35)(H4,21,22,23). The number of nitrogens with zero attached hydrogens (tertiary/aromatic N) is 1. The van der Waals surface area contributed by atoms with E-state index in [2.05, 4.69) is 20.9 Å². The maximum Gasteiger partial charge on any atom is 0.325 e. The number of nitrogens with one attached hydrogen (secondary N) is 3. The van der Waals surface area contributed by atoms with E-state index >= 15 is 0 Å². The summed E-state index contributed by atoms with van der Waals surface area (Å²) in [6, 6.07) is -5.22. The molecule has 4 atom stereocenters. The highest BCUT2D eigenvalue weighted by molar-refractivity contribution is 5.94. The second-order valence-electron chi connectivity index (χ2n) is 7.61. The van der Waals surface area contributed by atoms with Crippen LogP contribution in [0.15, 0.2) is 4.99 Å². The average Bonchev–Trinajstić information content (AvgIpc) is 2.75. The van der Waals surface area contributed by atoms with E-state index < -0.39 is 66.2 Å². The minimum atomic E-state index is -1.42. The van der Waals surface area contributed by atoms with Crippen molar-refractivity contribution in [2.24, 2.45) is 22.2 Å². The predicted molar refractivity (Wildman–Crippen MR) is 121 cm³/mol. The Labute approximate surface area is 200 Å². The summed E-state index contributed by atoms with van der Waals surface area (Å²) >= 11 is 0. The van der Waals surface area contributed by atoms with Gasteiger partial charge in [-0.25, -0.2) is 0 Å². The molecule has 198 valence electrons. The van der Waals surface area contributed by atoms with Gasteiger partial charge in [-0.2, -0.15) is 0 Å². The zero-order chi connectivity index (χ0) is 27.1. The van der Waals surface area contributed by atoms with Gasteiger partial charge in [0.15, 0.2) is 5.96 Å². The molecular weight excluding hydrogens is 470 g/mol. The molecule has 0 rings (SSSR count). The Kier molecular flexibility index (Phi) is 14.0. The molecule has 0 aromatic rings. The second-order valence-corrected chi connectivity index (χ2v) is 7.61. The summed E-state index contributed by atoms with van der Waals surface area (Å²) in [7, 11) is 0. The smallest absolute Gasteiger partial charge is 0.325 e. The van der Waals surface area contributed by atoms with Crippen molar-refractivity contribution < 1.29 is 44.1 Å². The van der Waals surface area contributed by atoms with E-state index in [1.807, 2.05) is 0 Å². The van der Waals surface area contributed by atoms with Crippen LogP contribution in [0.5, 0.6) is 0 Å². The summed E-state index contributed by atoms with van der Waals surface area (Å²) in [6.45, 7) is 1.29. The monoisotopic (exact) mass is 503 g/mol. The third kappa shape index (κ3) is 14.0. The Morgan fingerprint density at radius 1 is 0.771 bits per heavy atom. The van der Waals surface area contributed by atoms with Crippen molar-refractivity contribution in [3.63, 3.8) is 0 Å². The fourth-order valence-corrected chi connectivity index (χ4v) is 2.65. The molecule has 0 fully saturated rings. The van der Waals surface area contributed by atoms with Crippen molar-refractivity contribution in [2.75, 3.05) is 6.54 Å². The molecule has 0 saturated carbocycles. The number of carboxylic acid groups (broad SMARTS) is 3. The summed E-state index contributed by atoms with van der Waals surface area (Å²) in [6.07, 6.45) is -1.25. The number of nitrogens with two attached hydrogens (primary N) is 3. The van der Waals surface area contributed by atoms with Crippen LogP contribution in [-0.2, 0) is 28.8 Å². The first-order chi connectivity index (χ1) is 16.2. The summed E-state index contributed by atoms with van der Waals surface area (Å²) < 4.78 is 0. The lowest BCUT2D eigenvalue weighted by Gasteiger charge is -2.24. The highest BCUT2D eigenvalue weighted by Gasteiger charge is 2.29. The van der Waals surface area contributed by atoms with Crippen LogP contribution in [0.25, 0.3) is 0 Å². The summed E-state index contributed by atoms with van der Waals surface area (Å²) in [5.74, 6) is -6.58. The van der Waals surface area contributed by atoms with Crippen LogP contribution in [0.2, 0.25) is 0 Å². The van der Waals surface area contributed by atoms with Crippen molar-refractivity contribution in [1.82, 2.24) is 16.0 Å². The molecule has 0 heterocycles. The molecule has 0 bridgehead atoms. The number of guanidine groups is 1. The van der Waals surface area contributed by atoms with Crippen LogP contribution in [0.4, 0.5) is 0 Å². The largest absolute Gasteiger partial charge is 0.481 e. The van der Waals surface area contributed by atoms with Crippen LogP contribution in [0, 0.1) is 0 Å². The number of carbonyl (C=O) groups is 6. The lowest BCUT2D eigenvalue weighted by molar-refractivity contribution is -0.142. The minimum absolute atomic E-state index is 0.0151. The van der Waals surface area contributed by atoms with Gasteiger partial charge in [0.25, 0.3) is 0 Å². The molecule has 3 amide bonds. The van der Waals surface area contributed by atoms with E-state index in [0.29, 0.717) is 0 Å². The Morgan fingerprint density at radius 3 is 1.77 bits per heavy atom. The number of carbonyl (C=O) groups excluding carboxylic acids is 3. The van der Waals surface area contributed by atoms with Crippen molar-refractivity contribution in [1.29, 1.82) is 0 Å². The van der Waals surface area contributed by atoms with Crippen LogP contribution in [0.1, 0.15) is 45.4 Å². The Morgan fingerprint density at radius 2 is 1.26 bits per heavy atom. The van der Waals surface area contributed by atoms with E-state index in [4.69, 9.17) is 32.5 Å². The molecule has 16 nitrogen and oxygen atoms in total. The molecule has 4 unspecified atom stereocenters. The number of aliphatic imine (C=N–C) groups is 1. The first-order valence-corrected chi connectivity index (χ1v) is 10.6. The fraction of sp³-hybridized carbons (Fsp3) is 0.632. The quantitative estimate of drug-likeness (QED) is 0.0534. The van der Waals surface area contributed by atoms with Gasteiger partial charge >= 0.3 is 17.9 Å². The number of carboxylic acids is 3. The first-order valence-electron chi connectivity index (χ1n) is 10.6. The molecular formula is C19H33N7O9. The van der Waals surface area contributed by atoms with Crippen molar-refractivity contribution in [3.05, 3.63) is 0 Å². The Balaban J connectivity index is 5.52. The Bertz CT molecular complexity index is 814. The van der Waals surface area contributed by atoms with Crippen LogP contribution in [0.3, 0.4) is 0 Å². The normalized spacial score (nSPS) is 13.9. The first kappa shape index (κ1) is 31.0. The van der Waals surface area contributed by atoms with E-state index in [0.717, 1.165) is 0 Å². The number of aliphatic carboxylic acids is 3. The van der Waals surface area contributed by atoms with Crippen molar-refractivity contribution in [2.45, 2.75) is 69.6 Å². The topological polar surface area (TPSA) is 290 Å². The van der Waals surface area contributed by atoms with Crippen LogP contribution < -0.4 is 33.2 Å². The maximum absolute atomic E-state index is 12.9. The summed E-state index contributed by atoms with van der Waals surface area (Å²) in [5.41, 5.74) is 16.2. The molecule has 0 aromatic heterocycles. The Hall–Kier alpha value is -3.95. The third-order valence-electron chi connectivity index (χ3n) is 4.59. The predicted octanol–water partition coefficient (Wildman–Crippen LogP) is -3.34. The molecule has 0 spiro atoms. The zero-order valence-corrected chi connectivity index (χ0v) is 19.2. The van der Waals surface area contributed by atoms with Gasteiger partial charge in [0, 0.05) is 19.4 Å². The minimum Gasteiger partial charge on any atom is -0.481 e. The molecule has 0 saturated heterocycles. The third-order valence-corrected chi connectivity index (χ3v) is 4.59. The van der Waals surface area contributed by atoms with Crippen LogP contribution in [-0.4, -0.2) is 87.6 Å². The lowest BCUT2D eigenvalue weighted by atomic mass is 10.1. The number of amides is 3. The highest BCUT2D eigenvalue weighted by atomic mass is 16.4. The average molecular weight is 504 g/mol. The molecule has 12 N–H and O–H groups in total. The van der Waals surface area contributed by atoms with Gasteiger partial charge in [0.2, 0.25) is 17.7 Å². The summed E-state index contributed by atoms with van der Waals surface area (Å²) in [5, 5.41) is 33.5. The van der Waals surface area contributed by atoms with Gasteiger partial charge in [-0.3, -0.25) is 33.8 Å². The fourth-order valence-electron chi connectivity index (χ4n) is 2.65.